The minimum absolute atomic E-state index is 0.0529. The molecule has 0 saturated carbocycles. The van der Waals surface area contributed by atoms with E-state index in [0.717, 1.165) is 6.42 Å². The first kappa shape index (κ1) is 16.3. The molecule has 0 aromatic carbocycles. The molecule has 1 atom stereocenters. The van der Waals surface area contributed by atoms with Gasteiger partial charge in [-0.1, -0.05) is 0 Å². The van der Waals surface area contributed by atoms with Crippen molar-refractivity contribution in [3.63, 3.8) is 0 Å². The first-order chi connectivity index (χ1) is 9.49. The van der Waals surface area contributed by atoms with Gasteiger partial charge in [0.05, 0.1) is 13.0 Å². The Morgan fingerprint density at radius 2 is 2.05 bits per heavy atom. The van der Waals surface area contributed by atoms with Crippen molar-refractivity contribution in [2.75, 3.05) is 26.2 Å². The summed E-state index contributed by atoms with van der Waals surface area (Å²) >= 11 is 0. The average Bonchev–Trinajstić information content (AvgIpc) is 2.82. The number of esters is 1. The molecule has 0 aromatic heterocycles. The van der Waals surface area contributed by atoms with E-state index >= 15 is 0 Å². The van der Waals surface area contributed by atoms with Crippen LogP contribution in [0, 0.1) is 0 Å². The Morgan fingerprint density at radius 1 is 1.35 bits per heavy atom. The number of amides is 2. The number of likely N-dealkylation sites (tertiary alicyclic amines) is 1. The van der Waals surface area contributed by atoms with E-state index in [1.165, 1.54) is 4.90 Å². The van der Waals surface area contributed by atoms with E-state index in [2.05, 4.69) is 0 Å². The fourth-order valence-electron chi connectivity index (χ4n) is 2.36. The molecule has 1 unspecified atom stereocenters. The number of hydrogen-bond acceptors (Lipinski definition) is 4. The second-order valence-corrected chi connectivity index (χ2v) is 4.69. The summed E-state index contributed by atoms with van der Waals surface area (Å²) in [5, 5.41) is 8.86. The van der Waals surface area contributed by atoms with Crippen LogP contribution in [-0.2, 0) is 14.3 Å². The maximum atomic E-state index is 12.4. The first-order valence-corrected chi connectivity index (χ1v) is 6.92. The van der Waals surface area contributed by atoms with Crippen LogP contribution < -0.4 is 0 Å². The van der Waals surface area contributed by atoms with Crippen LogP contribution in [-0.4, -0.2) is 65.2 Å². The van der Waals surface area contributed by atoms with Crippen molar-refractivity contribution in [2.45, 2.75) is 39.2 Å². The Balaban J connectivity index is 2.64. The molecule has 0 aliphatic carbocycles. The second kappa shape index (κ2) is 7.72. The summed E-state index contributed by atoms with van der Waals surface area (Å²) in [5.41, 5.74) is 0. The van der Waals surface area contributed by atoms with Gasteiger partial charge in [-0.05, 0) is 26.7 Å². The zero-order valence-electron chi connectivity index (χ0n) is 12.0. The summed E-state index contributed by atoms with van der Waals surface area (Å²) in [4.78, 5) is 37.6. The number of likely N-dealkylation sites (N-methyl/N-ethyl adjacent to an activating group) is 1. The van der Waals surface area contributed by atoms with Crippen molar-refractivity contribution < 1.29 is 24.2 Å². The molecule has 0 aromatic rings. The largest absolute Gasteiger partial charge is 0.481 e. The smallest absolute Gasteiger partial charge is 0.325 e. The molecular formula is C13H22N2O5. The summed E-state index contributed by atoms with van der Waals surface area (Å²) in [7, 11) is 0. The van der Waals surface area contributed by atoms with Gasteiger partial charge in [0.1, 0.15) is 6.54 Å². The molecule has 0 radical (unpaired) electrons. The van der Waals surface area contributed by atoms with Crippen molar-refractivity contribution in [2.24, 2.45) is 0 Å². The second-order valence-electron chi connectivity index (χ2n) is 4.69. The standard InChI is InChI=1S/C13H22N2O5/c1-3-14(9-12(18)20-4-2)13(19)15-7-5-6-10(15)8-11(16)17/h10H,3-9H2,1-2H3,(H,16,17). The third kappa shape index (κ3) is 4.40. The van der Waals surface area contributed by atoms with E-state index in [1.807, 2.05) is 0 Å². The Labute approximate surface area is 118 Å². The highest BCUT2D eigenvalue weighted by Crippen LogP contribution is 2.21. The number of rotatable bonds is 6. The van der Waals surface area contributed by atoms with Crippen LogP contribution in [0.4, 0.5) is 4.79 Å². The number of carboxylic acid groups (broad SMARTS) is 1. The van der Waals surface area contributed by atoms with Gasteiger partial charge in [-0.3, -0.25) is 9.59 Å². The molecule has 114 valence electrons. The van der Waals surface area contributed by atoms with Gasteiger partial charge in [-0.2, -0.15) is 0 Å². The van der Waals surface area contributed by atoms with Crippen molar-refractivity contribution in [3.05, 3.63) is 0 Å². The lowest BCUT2D eigenvalue weighted by Gasteiger charge is -2.30. The predicted molar refractivity (Wildman–Crippen MR) is 71.3 cm³/mol. The zero-order chi connectivity index (χ0) is 15.1. The number of carbonyl (C=O) groups is 3. The van der Waals surface area contributed by atoms with E-state index in [0.29, 0.717) is 19.5 Å². The summed E-state index contributed by atoms with van der Waals surface area (Å²) in [6, 6.07) is -0.569. The highest BCUT2D eigenvalue weighted by atomic mass is 16.5. The van der Waals surface area contributed by atoms with Crippen molar-refractivity contribution >= 4 is 18.0 Å². The summed E-state index contributed by atoms with van der Waals surface area (Å²) in [5.74, 6) is -1.36. The lowest BCUT2D eigenvalue weighted by molar-refractivity contribution is -0.144. The first-order valence-electron chi connectivity index (χ1n) is 6.92. The van der Waals surface area contributed by atoms with Crippen LogP contribution >= 0.6 is 0 Å². The molecule has 1 fully saturated rings. The van der Waals surface area contributed by atoms with Crippen LogP contribution in [0.2, 0.25) is 0 Å². The number of ether oxygens (including phenoxy) is 1. The monoisotopic (exact) mass is 286 g/mol. The van der Waals surface area contributed by atoms with E-state index < -0.39 is 11.9 Å². The number of nitrogens with zero attached hydrogens (tertiary/aromatic N) is 2. The average molecular weight is 286 g/mol. The van der Waals surface area contributed by atoms with Crippen molar-refractivity contribution in [1.29, 1.82) is 0 Å². The molecule has 1 N–H and O–H groups in total. The maximum absolute atomic E-state index is 12.4. The zero-order valence-corrected chi connectivity index (χ0v) is 12.0. The molecule has 7 nitrogen and oxygen atoms in total. The van der Waals surface area contributed by atoms with Crippen LogP contribution in [0.5, 0.6) is 0 Å². The van der Waals surface area contributed by atoms with Crippen LogP contribution in [0.25, 0.3) is 0 Å². The molecule has 2 amide bonds. The molecule has 1 saturated heterocycles. The molecular weight excluding hydrogens is 264 g/mol. The Bertz CT molecular complexity index is 372. The summed E-state index contributed by atoms with van der Waals surface area (Å²) < 4.78 is 4.83. The fourth-order valence-corrected chi connectivity index (χ4v) is 2.36. The topological polar surface area (TPSA) is 87.2 Å². The van der Waals surface area contributed by atoms with Crippen molar-refractivity contribution in [3.8, 4) is 0 Å². The summed E-state index contributed by atoms with van der Waals surface area (Å²) in [6.07, 6.45) is 1.43. The Hall–Kier alpha value is -1.79. The van der Waals surface area contributed by atoms with E-state index in [-0.39, 0.29) is 31.6 Å². The van der Waals surface area contributed by atoms with Gasteiger partial charge >= 0.3 is 18.0 Å². The maximum Gasteiger partial charge on any atom is 0.325 e. The third-order valence-corrected chi connectivity index (χ3v) is 3.31. The SMILES string of the molecule is CCOC(=O)CN(CC)C(=O)N1CCCC1CC(=O)O. The minimum Gasteiger partial charge on any atom is -0.481 e. The van der Waals surface area contributed by atoms with Crippen molar-refractivity contribution in [1.82, 2.24) is 9.80 Å². The predicted octanol–water partition coefficient (Wildman–Crippen LogP) is 0.931. The Morgan fingerprint density at radius 3 is 2.60 bits per heavy atom. The molecule has 1 aliphatic rings. The molecule has 7 heteroatoms. The normalized spacial score (nSPS) is 17.9. The van der Waals surface area contributed by atoms with Gasteiger partial charge in [-0.25, -0.2) is 4.79 Å². The van der Waals surface area contributed by atoms with Gasteiger partial charge in [0, 0.05) is 19.1 Å². The van der Waals surface area contributed by atoms with E-state index in [4.69, 9.17) is 9.84 Å². The molecule has 0 spiro atoms. The number of carbonyl (C=O) groups excluding carboxylic acids is 2. The van der Waals surface area contributed by atoms with Gasteiger partial charge in [0.25, 0.3) is 0 Å². The third-order valence-electron chi connectivity index (χ3n) is 3.31. The number of carboxylic acids is 1. The lowest BCUT2D eigenvalue weighted by atomic mass is 10.1. The highest BCUT2D eigenvalue weighted by Gasteiger charge is 2.33. The molecule has 20 heavy (non-hydrogen) atoms. The lowest BCUT2D eigenvalue weighted by Crippen LogP contribution is -2.47. The quantitative estimate of drug-likeness (QED) is 0.734. The van der Waals surface area contributed by atoms with Crippen LogP contribution in [0.1, 0.15) is 33.1 Å². The van der Waals surface area contributed by atoms with Gasteiger partial charge in [-0.15, -0.1) is 0 Å². The van der Waals surface area contributed by atoms with Gasteiger partial charge < -0.3 is 19.6 Å². The molecule has 1 aliphatic heterocycles. The minimum atomic E-state index is -0.914. The number of urea groups is 1. The van der Waals surface area contributed by atoms with E-state index in [1.54, 1.807) is 18.7 Å². The number of hydrogen-bond donors (Lipinski definition) is 1. The molecule has 1 heterocycles. The molecule has 0 bridgehead atoms. The fraction of sp³-hybridized carbons (Fsp3) is 0.769. The van der Waals surface area contributed by atoms with Gasteiger partial charge in [0.2, 0.25) is 0 Å². The Kier molecular flexibility index (Phi) is 6.27. The highest BCUT2D eigenvalue weighted by molar-refractivity contribution is 5.82. The van der Waals surface area contributed by atoms with Crippen LogP contribution in [0.15, 0.2) is 0 Å². The van der Waals surface area contributed by atoms with Gasteiger partial charge in [0.15, 0.2) is 0 Å². The summed E-state index contributed by atoms with van der Waals surface area (Å²) in [6.45, 7) is 4.58. The number of aliphatic carboxylic acids is 1. The van der Waals surface area contributed by atoms with E-state index in [9.17, 15) is 14.4 Å². The van der Waals surface area contributed by atoms with Crippen LogP contribution in [0.3, 0.4) is 0 Å². The molecule has 1 rings (SSSR count).